The van der Waals surface area contributed by atoms with Gasteiger partial charge >= 0.3 is 5.97 Å². The maximum Gasteiger partial charge on any atom is 0.338 e. The van der Waals surface area contributed by atoms with Crippen molar-refractivity contribution in [2.45, 2.75) is 65.0 Å². The predicted octanol–water partition coefficient (Wildman–Crippen LogP) is 1.47. The standard InChI is InChI=1S/C11H18O6.C2H6/c1-5-14-9(12)7-6-8(10(13-4)15-7)17-11(2,3)16-6;1-2/h6-8,10H,5H2,1-4H3;1-2H3. The second-order valence-corrected chi connectivity index (χ2v) is 4.48. The minimum atomic E-state index is -0.785. The first-order valence-electron chi connectivity index (χ1n) is 6.69. The zero-order chi connectivity index (χ0) is 14.6. The molecule has 19 heavy (non-hydrogen) atoms. The number of methoxy groups -OCH3 is 1. The lowest BCUT2D eigenvalue weighted by atomic mass is 10.1. The van der Waals surface area contributed by atoms with Crippen LogP contribution < -0.4 is 0 Å². The summed E-state index contributed by atoms with van der Waals surface area (Å²) in [4.78, 5) is 11.7. The van der Waals surface area contributed by atoms with E-state index in [4.69, 9.17) is 23.7 Å². The van der Waals surface area contributed by atoms with Crippen molar-refractivity contribution in [3.8, 4) is 0 Å². The Bertz CT molecular complexity index is 304. The highest BCUT2D eigenvalue weighted by Crippen LogP contribution is 2.39. The molecule has 2 fully saturated rings. The van der Waals surface area contributed by atoms with Gasteiger partial charge in [0.25, 0.3) is 0 Å². The lowest BCUT2D eigenvalue weighted by molar-refractivity contribution is -0.230. The van der Waals surface area contributed by atoms with Crippen LogP contribution in [0.25, 0.3) is 0 Å². The third kappa shape index (κ3) is 3.45. The van der Waals surface area contributed by atoms with Crippen LogP contribution in [0.1, 0.15) is 34.6 Å². The van der Waals surface area contributed by atoms with Crippen LogP contribution in [0.4, 0.5) is 0 Å². The Hall–Kier alpha value is -0.690. The van der Waals surface area contributed by atoms with Crippen molar-refractivity contribution in [3.05, 3.63) is 0 Å². The number of carbonyl (C=O) groups excluding carboxylic acids is 1. The molecule has 6 nitrogen and oxygen atoms in total. The molecule has 0 aromatic rings. The summed E-state index contributed by atoms with van der Waals surface area (Å²) in [6.45, 7) is 9.63. The molecule has 0 amide bonds. The fourth-order valence-corrected chi connectivity index (χ4v) is 2.16. The number of ether oxygens (including phenoxy) is 5. The molecule has 2 aliphatic rings. The average Bonchev–Trinajstić information content (AvgIpc) is 2.85. The monoisotopic (exact) mass is 276 g/mol. The van der Waals surface area contributed by atoms with E-state index in [-0.39, 0.29) is 0 Å². The van der Waals surface area contributed by atoms with E-state index in [0.29, 0.717) is 6.61 Å². The van der Waals surface area contributed by atoms with Crippen molar-refractivity contribution in [1.82, 2.24) is 0 Å². The van der Waals surface area contributed by atoms with Gasteiger partial charge in [0.1, 0.15) is 12.2 Å². The Morgan fingerprint density at radius 2 is 1.79 bits per heavy atom. The summed E-state index contributed by atoms with van der Waals surface area (Å²) in [6.07, 6.45) is -2.26. The van der Waals surface area contributed by atoms with Gasteiger partial charge in [0.2, 0.25) is 0 Å². The molecule has 112 valence electrons. The van der Waals surface area contributed by atoms with E-state index < -0.39 is 36.4 Å². The van der Waals surface area contributed by atoms with Crippen LogP contribution in [0.3, 0.4) is 0 Å². The Balaban J connectivity index is 0.000000861. The van der Waals surface area contributed by atoms with Gasteiger partial charge in [0.05, 0.1) is 6.61 Å². The Morgan fingerprint density at radius 1 is 1.21 bits per heavy atom. The van der Waals surface area contributed by atoms with E-state index >= 15 is 0 Å². The van der Waals surface area contributed by atoms with Crippen LogP contribution in [0.2, 0.25) is 0 Å². The Labute approximate surface area is 114 Å². The molecular formula is C13H24O6. The molecule has 0 aromatic carbocycles. The highest BCUT2D eigenvalue weighted by Gasteiger charge is 2.58. The van der Waals surface area contributed by atoms with Crippen LogP contribution in [0.15, 0.2) is 0 Å². The first-order chi connectivity index (χ1) is 8.98. The van der Waals surface area contributed by atoms with E-state index in [1.165, 1.54) is 7.11 Å². The van der Waals surface area contributed by atoms with Gasteiger partial charge in [-0.15, -0.1) is 0 Å². The largest absolute Gasteiger partial charge is 0.464 e. The van der Waals surface area contributed by atoms with E-state index in [2.05, 4.69) is 0 Å². The van der Waals surface area contributed by atoms with Crippen molar-refractivity contribution < 1.29 is 28.5 Å². The van der Waals surface area contributed by atoms with Crippen LogP contribution in [0.5, 0.6) is 0 Å². The third-order valence-corrected chi connectivity index (χ3v) is 2.76. The lowest BCUT2D eigenvalue weighted by Gasteiger charge is -2.22. The molecular weight excluding hydrogens is 252 g/mol. The Morgan fingerprint density at radius 3 is 2.32 bits per heavy atom. The quantitative estimate of drug-likeness (QED) is 0.727. The maximum atomic E-state index is 11.7. The number of esters is 1. The Kier molecular flexibility index (Phi) is 5.73. The van der Waals surface area contributed by atoms with Gasteiger partial charge in [0, 0.05) is 7.11 Å². The molecule has 0 bridgehead atoms. The molecule has 2 heterocycles. The van der Waals surface area contributed by atoms with Gasteiger partial charge < -0.3 is 23.7 Å². The molecule has 2 rings (SSSR count). The summed E-state index contributed by atoms with van der Waals surface area (Å²) in [6, 6.07) is 0. The zero-order valence-electron chi connectivity index (χ0n) is 12.5. The molecule has 4 unspecified atom stereocenters. The summed E-state index contributed by atoms with van der Waals surface area (Å²) in [5, 5.41) is 0. The molecule has 0 saturated carbocycles. The minimum Gasteiger partial charge on any atom is -0.464 e. The molecule has 0 aliphatic carbocycles. The molecule has 2 saturated heterocycles. The van der Waals surface area contributed by atoms with Crippen LogP contribution in [0, 0.1) is 0 Å². The summed E-state index contributed by atoms with van der Waals surface area (Å²) < 4.78 is 26.8. The SMILES string of the molecule is CC.CCOC(=O)C1OC(OC)C2OC(C)(C)OC12. The van der Waals surface area contributed by atoms with Gasteiger partial charge in [0.15, 0.2) is 18.2 Å². The fourth-order valence-electron chi connectivity index (χ4n) is 2.16. The average molecular weight is 276 g/mol. The van der Waals surface area contributed by atoms with Gasteiger partial charge in [-0.05, 0) is 20.8 Å². The van der Waals surface area contributed by atoms with E-state index in [1.807, 2.05) is 13.8 Å². The predicted molar refractivity (Wildman–Crippen MR) is 67.5 cm³/mol. The van der Waals surface area contributed by atoms with E-state index in [9.17, 15) is 4.79 Å². The lowest BCUT2D eigenvalue weighted by Crippen LogP contribution is -2.36. The van der Waals surface area contributed by atoms with Gasteiger partial charge in [-0.1, -0.05) is 13.8 Å². The number of fused-ring (bicyclic) bond motifs is 1. The van der Waals surface area contributed by atoms with Crippen molar-refractivity contribution in [2.75, 3.05) is 13.7 Å². The number of hydrogen-bond donors (Lipinski definition) is 0. The summed E-state index contributed by atoms with van der Waals surface area (Å²) in [5.74, 6) is -1.18. The molecule has 0 N–H and O–H groups in total. The first kappa shape index (κ1) is 16.4. The highest BCUT2D eigenvalue weighted by molar-refractivity contribution is 5.76. The summed E-state index contributed by atoms with van der Waals surface area (Å²) in [7, 11) is 1.50. The van der Waals surface area contributed by atoms with Crippen molar-refractivity contribution in [2.24, 2.45) is 0 Å². The molecule has 4 atom stereocenters. The first-order valence-corrected chi connectivity index (χ1v) is 6.69. The van der Waals surface area contributed by atoms with Crippen LogP contribution >= 0.6 is 0 Å². The van der Waals surface area contributed by atoms with Gasteiger partial charge in [-0.25, -0.2) is 4.79 Å². The molecule has 6 heteroatoms. The minimum absolute atomic E-state index is 0.304. The topological polar surface area (TPSA) is 63.2 Å². The normalized spacial score (nSPS) is 35.3. The number of carbonyl (C=O) groups is 1. The molecule has 0 spiro atoms. The molecule has 0 radical (unpaired) electrons. The van der Waals surface area contributed by atoms with Crippen molar-refractivity contribution in [3.63, 3.8) is 0 Å². The van der Waals surface area contributed by atoms with Crippen molar-refractivity contribution >= 4 is 5.97 Å². The maximum absolute atomic E-state index is 11.7. The highest BCUT2D eigenvalue weighted by atomic mass is 16.8. The van der Waals surface area contributed by atoms with Gasteiger partial charge in [-0.3, -0.25) is 0 Å². The summed E-state index contributed by atoms with van der Waals surface area (Å²) in [5.41, 5.74) is 0. The second kappa shape index (κ2) is 6.65. The van der Waals surface area contributed by atoms with Crippen molar-refractivity contribution in [1.29, 1.82) is 0 Å². The zero-order valence-corrected chi connectivity index (χ0v) is 12.5. The number of rotatable bonds is 3. The molecule has 2 aliphatic heterocycles. The van der Waals surface area contributed by atoms with Gasteiger partial charge in [-0.2, -0.15) is 0 Å². The summed E-state index contributed by atoms with van der Waals surface area (Å²) >= 11 is 0. The number of hydrogen-bond acceptors (Lipinski definition) is 6. The molecule has 0 aromatic heterocycles. The van der Waals surface area contributed by atoms with E-state index in [0.717, 1.165) is 0 Å². The third-order valence-electron chi connectivity index (χ3n) is 2.76. The fraction of sp³-hybridized carbons (Fsp3) is 0.923. The smallest absolute Gasteiger partial charge is 0.338 e. The van der Waals surface area contributed by atoms with E-state index in [1.54, 1.807) is 20.8 Å². The van der Waals surface area contributed by atoms with Crippen LogP contribution in [-0.2, 0) is 28.5 Å². The second-order valence-electron chi connectivity index (χ2n) is 4.48. The van der Waals surface area contributed by atoms with Crippen LogP contribution in [-0.4, -0.2) is 50.1 Å².